The summed E-state index contributed by atoms with van der Waals surface area (Å²) in [6, 6.07) is 6.31. The number of carbonyl (C=O) groups excluding carboxylic acids is 1. The molecule has 1 saturated heterocycles. The van der Waals surface area contributed by atoms with Gasteiger partial charge in [-0.2, -0.15) is 0 Å². The van der Waals surface area contributed by atoms with E-state index in [0.29, 0.717) is 5.02 Å². The summed E-state index contributed by atoms with van der Waals surface area (Å²) < 4.78 is 47.6. The Kier molecular flexibility index (Phi) is 5.85. The van der Waals surface area contributed by atoms with E-state index in [1.807, 2.05) is 0 Å². The maximum atomic E-state index is 14.5. The van der Waals surface area contributed by atoms with E-state index in [-0.39, 0.29) is 29.4 Å². The summed E-state index contributed by atoms with van der Waals surface area (Å²) in [6.45, 7) is -0.442. The van der Waals surface area contributed by atoms with Crippen LogP contribution in [0.4, 0.5) is 18.9 Å². The van der Waals surface area contributed by atoms with E-state index in [1.165, 1.54) is 31.4 Å². The van der Waals surface area contributed by atoms with E-state index in [9.17, 15) is 18.0 Å². The van der Waals surface area contributed by atoms with Crippen LogP contribution in [0, 0.1) is 5.82 Å². The lowest BCUT2D eigenvalue weighted by Gasteiger charge is -2.39. The predicted octanol–water partition coefficient (Wildman–Crippen LogP) is 3.23. The lowest BCUT2D eigenvalue weighted by Crippen LogP contribution is -2.59. The maximum Gasteiger partial charge on any atom is 0.274 e. The van der Waals surface area contributed by atoms with E-state index in [1.54, 1.807) is 0 Å². The minimum atomic E-state index is -3.00. The number of nitrogens with zero attached hydrogens (tertiary/aromatic N) is 2. The van der Waals surface area contributed by atoms with Crippen LogP contribution >= 0.6 is 11.6 Å². The monoisotopic (exact) mass is 412 g/mol. The quantitative estimate of drug-likeness (QED) is 0.808. The van der Waals surface area contributed by atoms with Gasteiger partial charge in [-0.15, -0.1) is 0 Å². The number of amidine groups is 1. The number of aromatic nitrogens is 1. The van der Waals surface area contributed by atoms with Crippen LogP contribution in [0.2, 0.25) is 5.02 Å². The molecule has 0 aliphatic carbocycles. The van der Waals surface area contributed by atoms with Crippen LogP contribution in [0.5, 0.6) is 0 Å². The second-order valence-corrected chi connectivity index (χ2v) is 6.51. The highest BCUT2D eigenvalue weighted by atomic mass is 35.5. The van der Waals surface area contributed by atoms with Crippen LogP contribution < -0.4 is 10.6 Å². The number of hydrogen-bond acceptors (Lipinski definition) is 4. The summed E-state index contributed by atoms with van der Waals surface area (Å²) in [4.78, 5) is 20.0. The molecule has 1 amide bonds. The Morgan fingerprint density at radius 3 is 2.82 bits per heavy atom. The van der Waals surface area contributed by atoms with Crippen molar-refractivity contribution in [3.8, 4) is 0 Å². The number of ether oxygens (including phenoxy) is 1. The van der Waals surface area contributed by atoms with Gasteiger partial charge in [-0.25, -0.2) is 18.2 Å². The van der Waals surface area contributed by atoms with Gasteiger partial charge < -0.3 is 15.4 Å². The number of rotatable bonds is 4. The first-order chi connectivity index (χ1) is 13.4. The molecule has 3 rings (SSSR count). The third-order valence-electron chi connectivity index (χ3n) is 4.24. The average molecular weight is 413 g/mol. The van der Waals surface area contributed by atoms with Gasteiger partial charge in [0, 0.05) is 24.5 Å². The van der Waals surface area contributed by atoms with Crippen molar-refractivity contribution < 1.29 is 22.7 Å². The fraction of sp³-hybridized carbons (Fsp3) is 0.278. The molecule has 1 aliphatic heterocycles. The Bertz CT molecular complexity index is 908. The zero-order valence-corrected chi connectivity index (χ0v) is 15.4. The van der Waals surface area contributed by atoms with Crippen molar-refractivity contribution in [3.05, 3.63) is 58.6 Å². The zero-order chi connectivity index (χ0) is 20.3. The molecule has 2 heterocycles. The predicted molar refractivity (Wildman–Crippen MR) is 98.6 cm³/mol. The largest absolute Gasteiger partial charge is 0.371 e. The maximum absolute atomic E-state index is 14.5. The molecule has 2 aromatic rings. The van der Waals surface area contributed by atoms with Crippen LogP contribution in [-0.4, -0.2) is 43.4 Å². The van der Waals surface area contributed by atoms with Gasteiger partial charge >= 0.3 is 0 Å². The Morgan fingerprint density at radius 1 is 1.39 bits per heavy atom. The first kappa shape index (κ1) is 20.1. The van der Waals surface area contributed by atoms with Gasteiger partial charge in [-0.05, 0) is 30.3 Å². The number of morpholine rings is 1. The first-order valence-electron chi connectivity index (χ1n) is 8.18. The Labute approximate surface area is 163 Å². The number of aliphatic imine (C=N–C) groups is 1. The number of pyridine rings is 1. The number of hydrogen-bond donors (Lipinski definition) is 2. The van der Waals surface area contributed by atoms with Crippen LogP contribution in [0.1, 0.15) is 16.1 Å². The Balaban J connectivity index is 1.94. The minimum absolute atomic E-state index is 0.0191. The molecule has 6 nitrogen and oxygen atoms in total. The number of amides is 1. The zero-order valence-electron chi connectivity index (χ0n) is 14.7. The molecule has 148 valence electrons. The Hall–Kier alpha value is -2.65. The number of halogens is 4. The van der Waals surface area contributed by atoms with Crippen molar-refractivity contribution in [1.29, 1.82) is 0 Å². The summed E-state index contributed by atoms with van der Waals surface area (Å²) >= 11 is 5.73. The molecule has 1 fully saturated rings. The number of benzene rings is 1. The fourth-order valence-electron chi connectivity index (χ4n) is 2.79. The highest BCUT2D eigenvalue weighted by Gasteiger charge is 2.47. The van der Waals surface area contributed by atoms with Crippen molar-refractivity contribution >= 4 is 29.0 Å². The molecule has 1 atom stereocenters. The standard InChI is InChI=1S/C18H16ClF3N4O2/c1-23-15-8-28-9-18(26-15,17(21)22)12-6-11(3-4-13(12)20)25-16(27)14-5-2-10(19)7-24-14/h2-7,17H,8-9H2,1H3,(H,23,26)(H,25,27). The SMILES string of the molecule is CN=C1COCC(c2cc(NC(=O)c3ccc(Cl)cn3)ccc2F)(C(F)F)N1. The first-order valence-corrected chi connectivity index (χ1v) is 8.56. The normalized spacial score (nSPS) is 20.9. The van der Waals surface area contributed by atoms with Gasteiger partial charge in [-0.3, -0.25) is 9.79 Å². The van der Waals surface area contributed by atoms with Crippen molar-refractivity contribution in [1.82, 2.24) is 10.3 Å². The summed E-state index contributed by atoms with van der Waals surface area (Å²) in [6.07, 6.45) is -1.70. The van der Waals surface area contributed by atoms with Gasteiger partial charge in [0.25, 0.3) is 12.3 Å². The van der Waals surface area contributed by atoms with Gasteiger partial charge in [0.2, 0.25) is 0 Å². The third-order valence-corrected chi connectivity index (χ3v) is 4.47. The molecule has 0 radical (unpaired) electrons. The molecule has 0 spiro atoms. The number of anilines is 1. The summed E-state index contributed by atoms with van der Waals surface area (Å²) in [5, 5.41) is 5.46. The lowest BCUT2D eigenvalue weighted by molar-refractivity contribution is -0.0332. The van der Waals surface area contributed by atoms with E-state index >= 15 is 0 Å². The molecule has 1 aromatic heterocycles. The van der Waals surface area contributed by atoms with Crippen molar-refractivity contribution in [2.45, 2.75) is 12.0 Å². The molecule has 2 N–H and O–H groups in total. The average Bonchev–Trinajstić information content (AvgIpc) is 2.69. The number of alkyl halides is 2. The molecule has 0 saturated carbocycles. The van der Waals surface area contributed by atoms with E-state index in [0.717, 1.165) is 12.1 Å². The molecule has 1 aliphatic rings. The smallest absolute Gasteiger partial charge is 0.274 e. The fourth-order valence-corrected chi connectivity index (χ4v) is 2.90. The van der Waals surface area contributed by atoms with E-state index in [4.69, 9.17) is 16.3 Å². The molecular weight excluding hydrogens is 397 g/mol. The number of nitrogens with one attached hydrogen (secondary N) is 2. The lowest BCUT2D eigenvalue weighted by atomic mass is 9.89. The molecule has 10 heteroatoms. The molecule has 1 unspecified atom stereocenters. The highest BCUT2D eigenvalue weighted by molar-refractivity contribution is 6.30. The van der Waals surface area contributed by atoms with E-state index < -0.39 is 30.3 Å². The van der Waals surface area contributed by atoms with Gasteiger partial charge in [-0.1, -0.05) is 11.6 Å². The second kappa shape index (κ2) is 8.15. The summed E-state index contributed by atoms with van der Waals surface area (Å²) in [5.41, 5.74) is -2.28. The molecular formula is C18H16ClF3N4O2. The minimum Gasteiger partial charge on any atom is -0.371 e. The van der Waals surface area contributed by atoms with Crippen molar-refractivity contribution in [3.63, 3.8) is 0 Å². The van der Waals surface area contributed by atoms with Gasteiger partial charge in [0.15, 0.2) is 5.54 Å². The van der Waals surface area contributed by atoms with Gasteiger partial charge in [0.05, 0.1) is 11.6 Å². The molecule has 1 aromatic carbocycles. The van der Waals surface area contributed by atoms with Gasteiger partial charge in [0.1, 0.15) is 24.0 Å². The van der Waals surface area contributed by atoms with Crippen LogP contribution in [0.25, 0.3) is 0 Å². The van der Waals surface area contributed by atoms with Crippen LogP contribution in [-0.2, 0) is 10.3 Å². The Morgan fingerprint density at radius 2 is 2.18 bits per heavy atom. The van der Waals surface area contributed by atoms with Crippen LogP contribution in [0.15, 0.2) is 41.5 Å². The highest BCUT2D eigenvalue weighted by Crippen LogP contribution is 2.34. The second-order valence-electron chi connectivity index (χ2n) is 6.07. The summed E-state index contributed by atoms with van der Waals surface area (Å²) in [5.74, 6) is -1.29. The van der Waals surface area contributed by atoms with Crippen LogP contribution in [0.3, 0.4) is 0 Å². The molecule has 0 bridgehead atoms. The number of carbonyl (C=O) groups is 1. The van der Waals surface area contributed by atoms with E-state index in [2.05, 4.69) is 20.6 Å². The summed E-state index contributed by atoms with van der Waals surface area (Å²) in [7, 11) is 1.42. The van der Waals surface area contributed by atoms with Crippen molar-refractivity contribution in [2.24, 2.45) is 4.99 Å². The molecule has 28 heavy (non-hydrogen) atoms. The van der Waals surface area contributed by atoms with Crippen molar-refractivity contribution in [2.75, 3.05) is 25.6 Å². The third kappa shape index (κ3) is 3.95. The topological polar surface area (TPSA) is 75.6 Å².